The summed E-state index contributed by atoms with van der Waals surface area (Å²) in [5, 5.41) is 14.2. The molecule has 1 aromatic carbocycles. The molecule has 6 heteroatoms. The first-order valence-electron chi connectivity index (χ1n) is 6.75. The maximum atomic E-state index is 12.1. The Morgan fingerprint density at radius 1 is 1.50 bits per heavy atom. The van der Waals surface area contributed by atoms with E-state index < -0.39 is 4.92 Å². The van der Waals surface area contributed by atoms with Crippen molar-refractivity contribution < 1.29 is 9.72 Å². The van der Waals surface area contributed by atoms with E-state index in [0.29, 0.717) is 17.9 Å². The SMILES string of the molecule is CN(Cc1ccccc1[N+](=O)[O-])C(=O)CC1CCNC1. The first-order valence-corrected chi connectivity index (χ1v) is 6.75. The molecule has 108 valence electrons. The molecule has 6 nitrogen and oxygen atoms in total. The van der Waals surface area contributed by atoms with E-state index in [1.165, 1.54) is 6.07 Å². The van der Waals surface area contributed by atoms with Crippen molar-refractivity contribution in [2.24, 2.45) is 5.92 Å². The first kappa shape index (κ1) is 14.5. The van der Waals surface area contributed by atoms with Gasteiger partial charge in [-0.05, 0) is 25.4 Å². The molecule has 20 heavy (non-hydrogen) atoms. The highest BCUT2D eigenvalue weighted by molar-refractivity contribution is 5.76. The van der Waals surface area contributed by atoms with Crippen molar-refractivity contribution in [3.8, 4) is 0 Å². The van der Waals surface area contributed by atoms with Crippen LogP contribution in [0.25, 0.3) is 0 Å². The standard InChI is InChI=1S/C14H19N3O3/c1-16(14(18)8-11-6-7-15-9-11)10-12-4-2-3-5-13(12)17(19)20/h2-5,11,15H,6-10H2,1H3. The Balaban J connectivity index is 1.98. The van der Waals surface area contributed by atoms with Crippen molar-refractivity contribution in [1.82, 2.24) is 10.2 Å². The number of nitrogens with zero attached hydrogens (tertiary/aromatic N) is 2. The van der Waals surface area contributed by atoms with Gasteiger partial charge >= 0.3 is 0 Å². The lowest BCUT2D eigenvalue weighted by Gasteiger charge is -2.19. The number of carbonyl (C=O) groups is 1. The predicted molar refractivity (Wildman–Crippen MR) is 75.2 cm³/mol. The zero-order valence-corrected chi connectivity index (χ0v) is 11.5. The number of hydrogen-bond acceptors (Lipinski definition) is 4. The van der Waals surface area contributed by atoms with Gasteiger partial charge in [-0.15, -0.1) is 0 Å². The summed E-state index contributed by atoms with van der Waals surface area (Å²) < 4.78 is 0. The van der Waals surface area contributed by atoms with Crippen molar-refractivity contribution in [3.63, 3.8) is 0 Å². The number of amides is 1. The normalized spacial score (nSPS) is 17.9. The maximum Gasteiger partial charge on any atom is 0.274 e. The Kier molecular flexibility index (Phi) is 4.68. The van der Waals surface area contributed by atoms with E-state index in [1.54, 1.807) is 30.1 Å². The van der Waals surface area contributed by atoms with Gasteiger partial charge < -0.3 is 10.2 Å². The van der Waals surface area contributed by atoms with Crippen LogP contribution in [0.2, 0.25) is 0 Å². The molecular formula is C14H19N3O3. The molecule has 0 aliphatic carbocycles. The van der Waals surface area contributed by atoms with Crippen LogP contribution in [-0.2, 0) is 11.3 Å². The Bertz CT molecular complexity index is 498. The molecule has 1 aliphatic heterocycles. The third kappa shape index (κ3) is 3.54. The fraction of sp³-hybridized carbons (Fsp3) is 0.500. The summed E-state index contributed by atoms with van der Waals surface area (Å²) in [5.74, 6) is 0.424. The van der Waals surface area contributed by atoms with Gasteiger partial charge in [-0.25, -0.2) is 0 Å². The molecule has 1 atom stereocenters. The third-order valence-corrected chi connectivity index (χ3v) is 3.65. The molecule has 1 amide bonds. The number of nitro benzene ring substituents is 1. The van der Waals surface area contributed by atoms with Gasteiger partial charge in [0.1, 0.15) is 0 Å². The number of nitro groups is 1. The van der Waals surface area contributed by atoms with Crippen LogP contribution in [0.3, 0.4) is 0 Å². The number of para-hydroxylation sites is 1. The van der Waals surface area contributed by atoms with Crippen molar-refractivity contribution in [1.29, 1.82) is 0 Å². The molecule has 2 rings (SSSR count). The average molecular weight is 277 g/mol. The Labute approximate surface area is 117 Å². The van der Waals surface area contributed by atoms with Crippen LogP contribution in [0.4, 0.5) is 5.69 Å². The van der Waals surface area contributed by atoms with Crippen LogP contribution in [0.5, 0.6) is 0 Å². The largest absolute Gasteiger partial charge is 0.341 e. The lowest BCUT2D eigenvalue weighted by atomic mass is 10.0. The molecule has 1 aliphatic rings. The second kappa shape index (κ2) is 6.47. The van der Waals surface area contributed by atoms with Gasteiger partial charge in [0.25, 0.3) is 5.69 Å². The van der Waals surface area contributed by atoms with Gasteiger partial charge in [-0.3, -0.25) is 14.9 Å². The van der Waals surface area contributed by atoms with E-state index >= 15 is 0 Å². The summed E-state index contributed by atoms with van der Waals surface area (Å²) in [6.07, 6.45) is 1.52. The molecule has 1 heterocycles. The summed E-state index contributed by atoms with van der Waals surface area (Å²) >= 11 is 0. The van der Waals surface area contributed by atoms with Gasteiger partial charge in [0.05, 0.1) is 11.5 Å². The zero-order valence-electron chi connectivity index (χ0n) is 11.5. The van der Waals surface area contributed by atoms with Gasteiger partial charge in [0.15, 0.2) is 0 Å². The van der Waals surface area contributed by atoms with Crippen molar-refractivity contribution in [3.05, 3.63) is 39.9 Å². The maximum absolute atomic E-state index is 12.1. The Morgan fingerprint density at radius 3 is 2.90 bits per heavy atom. The van der Waals surface area contributed by atoms with Crippen LogP contribution in [-0.4, -0.2) is 35.9 Å². The highest BCUT2D eigenvalue weighted by Gasteiger charge is 2.21. The molecule has 1 unspecified atom stereocenters. The minimum atomic E-state index is -0.408. The van der Waals surface area contributed by atoms with E-state index in [4.69, 9.17) is 0 Å². The van der Waals surface area contributed by atoms with Crippen LogP contribution < -0.4 is 5.32 Å². The highest BCUT2D eigenvalue weighted by Crippen LogP contribution is 2.20. The topological polar surface area (TPSA) is 75.5 Å². The monoisotopic (exact) mass is 277 g/mol. The van der Waals surface area contributed by atoms with Crippen LogP contribution in [0, 0.1) is 16.0 Å². The summed E-state index contributed by atoms with van der Waals surface area (Å²) in [4.78, 5) is 24.2. The van der Waals surface area contributed by atoms with Crippen LogP contribution in [0.15, 0.2) is 24.3 Å². The molecule has 1 N–H and O–H groups in total. The minimum absolute atomic E-state index is 0.0388. The fourth-order valence-electron chi connectivity index (χ4n) is 2.46. The average Bonchev–Trinajstić information content (AvgIpc) is 2.91. The summed E-state index contributed by atoms with van der Waals surface area (Å²) in [7, 11) is 1.70. The molecular weight excluding hydrogens is 258 g/mol. The molecule has 0 radical (unpaired) electrons. The van der Waals surface area contributed by atoms with Crippen molar-refractivity contribution in [2.75, 3.05) is 20.1 Å². The zero-order chi connectivity index (χ0) is 14.5. The van der Waals surface area contributed by atoms with Gasteiger partial charge in [-0.2, -0.15) is 0 Å². The minimum Gasteiger partial charge on any atom is -0.341 e. The van der Waals surface area contributed by atoms with Crippen molar-refractivity contribution >= 4 is 11.6 Å². The van der Waals surface area contributed by atoms with Gasteiger partial charge in [0, 0.05) is 25.1 Å². The van der Waals surface area contributed by atoms with E-state index in [1.807, 2.05) is 0 Å². The summed E-state index contributed by atoms with van der Waals surface area (Å²) in [5.41, 5.74) is 0.632. The smallest absolute Gasteiger partial charge is 0.274 e. The van der Waals surface area contributed by atoms with Gasteiger partial charge in [-0.1, -0.05) is 18.2 Å². The molecule has 1 saturated heterocycles. The third-order valence-electron chi connectivity index (χ3n) is 3.65. The molecule has 0 aromatic heterocycles. The molecule has 0 spiro atoms. The number of rotatable bonds is 5. The van der Waals surface area contributed by atoms with Crippen molar-refractivity contribution in [2.45, 2.75) is 19.4 Å². The molecule has 0 saturated carbocycles. The van der Waals surface area contributed by atoms with E-state index in [9.17, 15) is 14.9 Å². The Hall–Kier alpha value is -1.95. The first-order chi connectivity index (χ1) is 9.58. The van der Waals surface area contributed by atoms with E-state index in [-0.39, 0.29) is 18.1 Å². The lowest BCUT2D eigenvalue weighted by Crippen LogP contribution is -2.28. The predicted octanol–water partition coefficient (Wildman–Crippen LogP) is 1.55. The molecule has 1 fully saturated rings. The van der Waals surface area contributed by atoms with Crippen LogP contribution in [0.1, 0.15) is 18.4 Å². The summed E-state index contributed by atoms with van der Waals surface area (Å²) in [6.45, 7) is 2.12. The number of hydrogen-bond donors (Lipinski definition) is 1. The lowest BCUT2D eigenvalue weighted by molar-refractivity contribution is -0.385. The number of carbonyl (C=O) groups excluding carboxylic acids is 1. The van der Waals surface area contributed by atoms with Gasteiger partial charge in [0.2, 0.25) is 5.91 Å². The Morgan fingerprint density at radius 2 is 2.25 bits per heavy atom. The van der Waals surface area contributed by atoms with Crippen LogP contribution >= 0.6 is 0 Å². The van der Waals surface area contributed by atoms with E-state index in [2.05, 4.69) is 5.32 Å². The second-order valence-corrected chi connectivity index (χ2v) is 5.20. The summed E-state index contributed by atoms with van der Waals surface area (Å²) in [6, 6.07) is 6.54. The highest BCUT2D eigenvalue weighted by atomic mass is 16.6. The number of nitrogens with one attached hydrogen (secondary N) is 1. The van der Waals surface area contributed by atoms with E-state index in [0.717, 1.165) is 19.5 Å². The number of benzene rings is 1. The molecule has 1 aromatic rings. The molecule has 0 bridgehead atoms. The quantitative estimate of drug-likeness (QED) is 0.654. The fourth-order valence-corrected chi connectivity index (χ4v) is 2.46. The second-order valence-electron chi connectivity index (χ2n) is 5.20.